The zero-order chi connectivity index (χ0) is 41.1. The lowest BCUT2D eigenvalue weighted by Crippen LogP contribution is -2.54. The van der Waals surface area contributed by atoms with Gasteiger partial charge in [-0.05, 0) is 74.2 Å². The first kappa shape index (κ1) is 41.8. The summed E-state index contributed by atoms with van der Waals surface area (Å²) in [6.45, 7) is 7.48. The van der Waals surface area contributed by atoms with Gasteiger partial charge in [-0.3, -0.25) is 24.0 Å². The molecule has 4 aromatic rings. The highest BCUT2D eigenvalue weighted by Gasteiger charge is 2.27. The monoisotopic (exact) mass is 782 g/mol. The van der Waals surface area contributed by atoms with E-state index in [1.165, 1.54) is 14.2 Å². The average molecular weight is 783 g/mol. The van der Waals surface area contributed by atoms with E-state index in [2.05, 4.69) is 26.3 Å². The minimum absolute atomic E-state index is 0.0134. The van der Waals surface area contributed by atoms with Gasteiger partial charge in [-0.15, -0.1) is 0 Å². The number of carbonyl (C=O) groups excluding carboxylic acids is 5. The van der Waals surface area contributed by atoms with Crippen molar-refractivity contribution in [3.05, 3.63) is 89.3 Å². The summed E-state index contributed by atoms with van der Waals surface area (Å²) in [6, 6.07) is 17.5. The first-order valence-electron chi connectivity index (χ1n) is 18.8. The van der Waals surface area contributed by atoms with Gasteiger partial charge in [-0.1, -0.05) is 38.1 Å². The molecule has 0 radical (unpaired) electrons. The Morgan fingerprint density at radius 2 is 1.58 bits per heavy atom. The number of fused-ring (bicyclic) bond motifs is 2. The van der Waals surface area contributed by atoms with Gasteiger partial charge in [0, 0.05) is 43.7 Å². The first-order valence-corrected chi connectivity index (χ1v) is 18.8. The number of ether oxygens (including phenoxy) is 3. The Kier molecular flexibility index (Phi) is 14.3. The normalized spacial score (nSPS) is 17.6. The molecular weight excluding hydrogens is 732 g/mol. The molecular formula is C42H50N6O9. The molecule has 4 bridgehead atoms. The van der Waals surface area contributed by atoms with Crippen LogP contribution in [0.2, 0.25) is 0 Å². The van der Waals surface area contributed by atoms with Crippen molar-refractivity contribution in [3.63, 3.8) is 0 Å². The van der Waals surface area contributed by atoms with Crippen LogP contribution >= 0.6 is 0 Å². The van der Waals surface area contributed by atoms with E-state index in [1.54, 1.807) is 55.1 Å². The van der Waals surface area contributed by atoms with Crippen molar-refractivity contribution in [3.8, 4) is 34.5 Å². The number of nitrogens with zero attached hydrogens (tertiary/aromatic N) is 2. The maximum absolute atomic E-state index is 13.8. The summed E-state index contributed by atoms with van der Waals surface area (Å²) in [4.78, 5) is 72.7. The van der Waals surface area contributed by atoms with E-state index < -0.39 is 35.7 Å². The summed E-state index contributed by atoms with van der Waals surface area (Å²) in [5, 5.41) is 11.2. The number of hydrogen-bond donors (Lipinski definition) is 4. The van der Waals surface area contributed by atoms with E-state index in [-0.39, 0.29) is 57.3 Å². The maximum Gasteiger partial charge on any atom is 0.251 e. The third-order valence-corrected chi connectivity index (χ3v) is 9.44. The standard InChI is InChI=1S/C42H50N6O9/c1-25(2)38-41(53)44-24-28-14-16-32(34(21-28)54-5)57-33-17-15-30(22-35(33)55-6)40(52)43-18-20-48(19-10-13-36(49)45-26(3)39(51)47-38)37(50)23-31-27(4)56-42(46-31)29-11-8-7-9-12-29/h7-9,11-12,14-17,21-22,25-26,38H,10,13,18-20,23-24H2,1-6H3,(H,43,52)(H,44,53)(H,45,49)(H,47,51)/t26-,38+/m1/s1. The number of rotatable bonds is 6. The van der Waals surface area contributed by atoms with Crippen molar-refractivity contribution >= 4 is 29.5 Å². The molecule has 3 aliphatic rings. The van der Waals surface area contributed by atoms with Crippen molar-refractivity contribution in [2.24, 2.45) is 5.92 Å². The molecule has 0 saturated heterocycles. The largest absolute Gasteiger partial charge is 0.493 e. The van der Waals surface area contributed by atoms with Crippen LogP contribution in [0.25, 0.3) is 11.5 Å². The van der Waals surface area contributed by atoms with Crippen LogP contribution in [0.5, 0.6) is 23.0 Å². The number of carbonyl (C=O) groups is 5. The average Bonchev–Trinajstić information content (AvgIpc) is 3.57. The van der Waals surface area contributed by atoms with Crippen molar-refractivity contribution in [2.45, 2.75) is 65.6 Å². The summed E-state index contributed by atoms with van der Waals surface area (Å²) in [5.41, 5.74) is 2.28. The number of amides is 5. The molecule has 0 unspecified atom stereocenters. The fraction of sp³-hybridized carbons (Fsp3) is 0.381. The molecule has 3 aromatic carbocycles. The van der Waals surface area contributed by atoms with E-state index in [9.17, 15) is 24.0 Å². The molecule has 0 spiro atoms. The lowest BCUT2D eigenvalue weighted by molar-refractivity contribution is -0.133. The zero-order valence-corrected chi connectivity index (χ0v) is 33.1. The highest BCUT2D eigenvalue weighted by Crippen LogP contribution is 2.37. The molecule has 7 rings (SSSR count). The molecule has 1 aromatic heterocycles. The number of aryl methyl sites for hydroxylation is 1. The van der Waals surface area contributed by atoms with E-state index in [0.717, 1.165) is 5.56 Å². The summed E-state index contributed by atoms with van der Waals surface area (Å²) >= 11 is 0. The minimum Gasteiger partial charge on any atom is -0.493 e. The van der Waals surface area contributed by atoms with Crippen molar-refractivity contribution in [1.82, 2.24) is 31.2 Å². The summed E-state index contributed by atoms with van der Waals surface area (Å²) < 4.78 is 23.2. The first-order chi connectivity index (χ1) is 27.4. The smallest absolute Gasteiger partial charge is 0.251 e. The predicted octanol–water partition coefficient (Wildman–Crippen LogP) is 4.32. The van der Waals surface area contributed by atoms with Crippen LogP contribution in [0.3, 0.4) is 0 Å². The van der Waals surface area contributed by atoms with Crippen LogP contribution in [0.4, 0.5) is 0 Å². The second-order valence-electron chi connectivity index (χ2n) is 14.0. The summed E-state index contributed by atoms with van der Waals surface area (Å²) in [6.07, 6.45) is 0.226. The van der Waals surface area contributed by atoms with Gasteiger partial charge in [0.05, 0.1) is 26.3 Å². The van der Waals surface area contributed by atoms with Crippen molar-refractivity contribution in [2.75, 3.05) is 33.9 Å². The summed E-state index contributed by atoms with van der Waals surface area (Å²) in [5.74, 6) is 0.0581. The van der Waals surface area contributed by atoms with Gasteiger partial charge in [0.25, 0.3) is 5.91 Å². The number of aromatic nitrogens is 1. The van der Waals surface area contributed by atoms with Crippen molar-refractivity contribution in [1.29, 1.82) is 0 Å². The molecule has 0 aliphatic carbocycles. The predicted molar refractivity (Wildman–Crippen MR) is 211 cm³/mol. The minimum atomic E-state index is -0.934. The SMILES string of the molecule is COc1cc2ccc1Oc1ccc(cc1OC)C(=O)NCCN(C(=O)Cc1nc(-c3ccccc3)oc1C)CCCC(=O)N[C@H](C)C(=O)N[C@@H](C(C)C)C(=O)NC2. The molecule has 3 aliphatic heterocycles. The van der Waals surface area contributed by atoms with Gasteiger partial charge in [-0.2, -0.15) is 0 Å². The maximum atomic E-state index is 13.8. The molecule has 5 amide bonds. The number of oxazole rings is 1. The molecule has 302 valence electrons. The van der Waals surface area contributed by atoms with Crippen LogP contribution in [0.1, 0.15) is 61.0 Å². The molecule has 0 fully saturated rings. The number of nitrogens with one attached hydrogen (secondary N) is 4. The van der Waals surface area contributed by atoms with E-state index in [4.69, 9.17) is 18.6 Å². The van der Waals surface area contributed by atoms with Gasteiger partial charge < -0.3 is 44.8 Å². The Morgan fingerprint density at radius 1 is 0.877 bits per heavy atom. The van der Waals surface area contributed by atoms with E-state index in [1.807, 2.05) is 44.2 Å². The second kappa shape index (κ2) is 19.5. The van der Waals surface area contributed by atoms with Crippen molar-refractivity contribution < 1.29 is 42.6 Å². The third-order valence-electron chi connectivity index (χ3n) is 9.44. The lowest BCUT2D eigenvalue weighted by Gasteiger charge is -2.24. The topological polar surface area (TPSA) is 190 Å². The van der Waals surface area contributed by atoms with Crippen LogP contribution in [0.15, 0.2) is 71.1 Å². The van der Waals surface area contributed by atoms with E-state index >= 15 is 0 Å². The second-order valence-corrected chi connectivity index (χ2v) is 14.0. The number of methoxy groups -OCH3 is 2. The van der Waals surface area contributed by atoms with Gasteiger partial charge >= 0.3 is 0 Å². The Labute approximate surface area is 331 Å². The van der Waals surface area contributed by atoms with Gasteiger partial charge in [0.2, 0.25) is 29.5 Å². The Hall–Kier alpha value is -6.38. The van der Waals surface area contributed by atoms with Crippen LogP contribution in [-0.4, -0.2) is 85.4 Å². The molecule has 15 nitrogen and oxygen atoms in total. The van der Waals surface area contributed by atoms with Gasteiger partial charge in [0.15, 0.2) is 23.0 Å². The Morgan fingerprint density at radius 3 is 2.28 bits per heavy atom. The van der Waals surface area contributed by atoms with E-state index in [0.29, 0.717) is 51.5 Å². The third kappa shape index (κ3) is 11.1. The molecule has 4 N–H and O–H groups in total. The molecule has 4 heterocycles. The van der Waals surface area contributed by atoms with Gasteiger partial charge in [-0.25, -0.2) is 4.98 Å². The van der Waals surface area contributed by atoms with Crippen LogP contribution in [0, 0.1) is 12.8 Å². The van der Waals surface area contributed by atoms with Gasteiger partial charge in [0.1, 0.15) is 17.8 Å². The molecule has 0 saturated carbocycles. The quantitative estimate of drug-likeness (QED) is 0.219. The Bertz CT molecular complexity index is 2070. The number of hydrogen-bond acceptors (Lipinski definition) is 10. The van der Waals surface area contributed by atoms with Crippen LogP contribution < -0.4 is 35.5 Å². The highest BCUT2D eigenvalue weighted by atomic mass is 16.5. The molecule has 2 atom stereocenters. The highest BCUT2D eigenvalue weighted by molar-refractivity contribution is 5.95. The molecule has 15 heteroatoms. The fourth-order valence-electron chi connectivity index (χ4n) is 6.16. The molecule has 57 heavy (non-hydrogen) atoms. The summed E-state index contributed by atoms with van der Waals surface area (Å²) in [7, 11) is 2.95. The van der Waals surface area contributed by atoms with Crippen LogP contribution in [-0.2, 0) is 32.1 Å². The zero-order valence-electron chi connectivity index (χ0n) is 33.1. The number of benzene rings is 3. The lowest BCUT2D eigenvalue weighted by atomic mass is 10.0. The Balaban J connectivity index is 1.38. The fourth-order valence-corrected chi connectivity index (χ4v) is 6.16.